The Morgan fingerprint density at radius 2 is 1.52 bits per heavy atom. The Hall–Kier alpha value is -1.06. The number of aryl methyl sites for hydroxylation is 2. The molecule has 0 atom stereocenters. The predicted molar refractivity (Wildman–Crippen MR) is 90.5 cm³/mol. The van der Waals surface area contributed by atoms with Crippen molar-refractivity contribution in [1.29, 1.82) is 0 Å². The average molecular weight is 314 g/mol. The number of carbonyl (C=O) groups excluding carboxylic acids is 1. The van der Waals surface area contributed by atoms with Crippen LogP contribution in [0.25, 0.3) is 0 Å². The highest BCUT2D eigenvalue weighted by atomic mass is 35.5. The van der Waals surface area contributed by atoms with Crippen molar-refractivity contribution in [1.82, 2.24) is 4.90 Å². The summed E-state index contributed by atoms with van der Waals surface area (Å²) in [5, 5.41) is 0. The number of hydrogen-bond acceptors (Lipinski definition) is 3. The lowest BCUT2D eigenvalue weighted by Gasteiger charge is -2.17. The van der Waals surface area contributed by atoms with Crippen LogP contribution in [0.5, 0.6) is 0 Å². The van der Waals surface area contributed by atoms with Gasteiger partial charge in [0.15, 0.2) is 0 Å². The molecule has 0 aromatic heterocycles. The molecular formula is C17H28ClNO2. The van der Waals surface area contributed by atoms with Gasteiger partial charge in [-0.15, -0.1) is 12.4 Å². The van der Waals surface area contributed by atoms with E-state index >= 15 is 0 Å². The summed E-state index contributed by atoms with van der Waals surface area (Å²) in [5.41, 5.74) is 3.07. The molecule has 0 saturated carbocycles. The standard InChI is InChI=1S/C17H27NO2.ClH/c1-5-14-11-15(6-2)13-16(12-14)17(19)20-10-9-18(7-3)8-4;/h11-13H,5-10H2,1-4H3;1H. The zero-order valence-corrected chi connectivity index (χ0v) is 14.5. The maximum atomic E-state index is 12.1. The molecule has 1 rings (SSSR count). The van der Waals surface area contributed by atoms with Crippen LogP contribution in [0.2, 0.25) is 0 Å². The molecule has 3 nitrogen and oxygen atoms in total. The molecule has 1 aromatic carbocycles. The summed E-state index contributed by atoms with van der Waals surface area (Å²) in [6, 6.07) is 6.05. The number of ether oxygens (including phenoxy) is 1. The highest BCUT2D eigenvalue weighted by molar-refractivity contribution is 5.89. The van der Waals surface area contributed by atoms with E-state index in [9.17, 15) is 4.79 Å². The van der Waals surface area contributed by atoms with Gasteiger partial charge in [-0.3, -0.25) is 0 Å². The molecule has 0 unspecified atom stereocenters. The second kappa shape index (κ2) is 10.6. The lowest BCUT2D eigenvalue weighted by Crippen LogP contribution is -2.27. The van der Waals surface area contributed by atoms with Crippen LogP contribution in [0.3, 0.4) is 0 Å². The van der Waals surface area contributed by atoms with Crippen LogP contribution in [0.1, 0.15) is 49.2 Å². The first-order chi connectivity index (χ1) is 9.64. The smallest absolute Gasteiger partial charge is 0.338 e. The van der Waals surface area contributed by atoms with E-state index in [0.29, 0.717) is 12.2 Å². The molecule has 0 fully saturated rings. The Labute approximate surface area is 135 Å². The molecule has 120 valence electrons. The van der Waals surface area contributed by atoms with Crippen molar-refractivity contribution in [3.05, 3.63) is 34.9 Å². The quantitative estimate of drug-likeness (QED) is 0.685. The van der Waals surface area contributed by atoms with Gasteiger partial charge in [0.1, 0.15) is 6.61 Å². The minimum Gasteiger partial charge on any atom is -0.461 e. The second-order valence-corrected chi connectivity index (χ2v) is 4.91. The van der Waals surface area contributed by atoms with E-state index in [2.05, 4.69) is 38.7 Å². The van der Waals surface area contributed by atoms with Gasteiger partial charge in [0.05, 0.1) is 5.56 Å². The highest BCUT2D eigenvalue weighted by Crippen LogP contribution is 2.13. The van der Waals surface area contributed by atoms with Crippen LogP contribution >= 0.6 is 12.4 Å². The van der Waals surface area contributed by atoms with Crippen LogP contribution < -0.4 is 0 Å². The molecule has 0 spiro atoms. The average Bonchev–Trinajstić information content (AvgIpc) is 2.50. The van der Waals surface area contributed by atoms with Crippen LogP contribution in [-0.2, 0) is 17.6 Å². The van der Waals surface area contributed by atoms with Crippen LogP contribution in [-0.4, -0.2) is 37.1 Å². The van der Waals surface area contributed by atoms with Crippen LogP contribution in [0.15, 0.2) is 18.2 Å². The number of likely N-dealkylation sites (N-methyl/N-ethyl adjacent to an activating group) is 1. The van der Waals surface area contributed by atoms with E-state index in [1.807, 2.05) is 12.1 Å². The molecule has 0 aliphatic heterocycles. The summed E-state index contributed by atoms with van der Waals surface area (Å²) in [7, 11) is 0. The Morgan fingerprint density at radius 3 is 1.95 bits per heavy atom. The maximum Gasteiger partial charge on any atom is 0.338 e. The summed E-state index contributed by atoms with van der Waals surface area (Å²) in [6.07, 6.45) is 1.88. The fourth-order valence-electron chi connectivity index (χ4n) is 2.18. The first kappa shape index (κ1) is 19.9. The third kappa shape index (κ3) is 6.49. The van der Waals surface area contributed by atoms with Gasteiger partial charge in [0, 0.05) is 6.54 Å². The van der Waals surface area contributed by atoms with Crippen molar-refractivity contribution in [2.75, 3.05) is 26.2 Å². The number of carbonyl (C=O) groups is 1. The molecule has 0 radical (unpaired) electrons. The molecule has 0 N–H and O–H groups in total. The summed E-state index contributed by atoms with van der Waals surface area (Å²) < 4.78 is 5.38. The lowest BCUT2D eigenvalue weighted by atomic mass is 10.0. The third-order valence-corrected chi connectivity index (χ3v) is 3.64. The molecule has 0 saturated heterocycles. The first-order valence-corrected chi connectivity index (χ1v) is 7.66. The van der Waals surface area contributed by atoms with Gasteiger partial charge >= 0.3 is 5.97 Å². The second-order valence-electron chi connectivity index (χ2n) is 4.91. The molecular weight excluding hydrogens is 286 g/mol. The molecule has 0 heterocycles. The van der Waals surface area contributed by atoms with E-state index < -0.39 is 0 Å². The molecule has 0 aliphatic carbocycles. The number of esters is 1. The normalized spacial score (nSPS) is 10.3. The Kier molecular flexibility index (Phi) is 10.1. The minimum atomic E-state index is -0.206. The monoisotopic (exact) mass is 313 g/mol. The van der Waals surface area contributed by atoms with Crippen molar-refractivity contribution in [2.24, 2.45) is 0 Å². The minimum absolute atomic E-state index is 0. The number of hydrogen-bond donors (Lipinski definition) is 0. The Balaban J connectivity index is 0.00000400. The van der Waals surface area contributed by atoms with Crippen molar-refractivity contribution < 1.29 is 9.53 Å². The fourth-order valence-corrected chi connectivity index (χ4v) is 2.18. The van der Waals surface area contributed by atoms with Crippen molar-refractivity contribution in [3.8, 4) is 0 Å². The van der Waals surface area contributed by atoms with Gasteiger partial charge in [0.2, 0.25) is 0 Å². The first-order valence-electron chi connectivity index (χ1n) is 7.66. The molecule has 0 amide bonds. The SMILES string of the molecule is CCc1cc(CC)cc(C(=O)OCCN(CC)CC)c1.Cl. The van der Waals surface area contributed by atoms with Gasteiger partial charge in [-0.25, -0.2) is 4.79 Å². The zero-order chi connectivity index (χ0) is 15.0. The summed E-state index contributed by atoms with van der Waals surface area (Å²) in [4.78, 5) is 14.3. The van der Waals surface area contributed by atoms with Crippen LogP contribution in [0, 0.1) is 0 Å². The molecule has 1 aromatic rings. The largest absolute Gasteiger partial charge is 0.461 e. The van der Waals surface area contributed by atoms with Gasteiger partial charge in [-0.05, 0) is 49.2 Å². The maximum absolute atomic E-state index is 12.1. The fraction of sp³-hybridized carbons (Fsp3) is 0.588. The number of benzene rings is 1. The summed E-state index contributed by atoms with van der Waals surface area (Å²) >= 11 is 0. The van der Waals surface area contributed by atoms with E-state index in [-0.39, 0.29) is 18.4 Å². The third-order valence-electron chi connectivity index (χ3n) is 3.64. The highest BCUT2D eigenvalue weighted by Gasteiger charge is 2.10. The molecule has 4 heteroatoms. The predicted octanol–water partition coefficient (Wildman–Crippen LogP) is 3.73. The van der Waals surface area contributed by atoms with Crippen molar-refractivity contribution >= 4 is 18.4 Å². The van der Waals surface area contributed by atoms with E-state index in [1.54, 1.807) is 0 Å². The number of nitrogens with zero attached hydrogens (tertiary/aromatic N) is 1. The molecule has 0 bridgehead atoms. The van der Waals surface area contributed by atoms with Gasteiger partial charge in [0.25, 0.3) is 0 Å². The van der Waals surface area contributed by atoms with E-state index in [0.717, 1.165) is 32.5 Å². The summed E-state index contributed by atoms with van der Waals surface area (Å²) in [5.74, 6) is -0.206. The lowest BCUT2D eigenvalue weighted by molar-refractivity contribution is 0.0466. The molecule has 0 aliphatic rings. The number of halogens is 1. The van der Waals surface area contributed by atoms with E-state index in [1.165, 1.54) is 11.1 Å². The Morgan fingerprint density at radius 1 is 1.00 bits per heavy atom. The van der Waals surface area contributed by atoms with Crippen molar-refractivity contribution in [3.63, 3.8) is 0 Å². The van der Waals surface area contributed by atoms with Gasteiger partial charge in [-0.2, -0.15) is 0 Å². The molecule has 21 heavy (non-hydrogen) atoms. The van der Waals surface area contributed by atoms with Crippen LogP contribution in [0.4, 0.5) is 0 Å². The Bertz CT molecular complexity index is 409. The number of rotatable bonds is 8. The zero-order valence-electron chi connectivity index (χ0n) is 13.6. The van der Waals surface area contributed by atoms with Crippen molar-refractivity contribution in [2.45, 2.75) is 40.5 Å². The van der Waals surface area contributed by atoms with E-state index in [4.69, 9.17) is 4.74 Å². The van der Waals surface area contributed by atoms with Gasteiger partial charge < -0.3 is 9.64 Å². The van der Waals surface area contributed by atoms with Gasteiger partial charge in [-0.1, -0.05) is 33.8 Å². The summed E-state index contributed by atoms with van der Waals surface area (Å²) in [6.45, 7) is 11.7. The topological polar surface area (TPSA) is 29.5 Å².